The number of allylic oxidation sites excluding steroid dienone is 1. The number of aliphatic hydroxyl groups excluding tert-OH is 2. The number of benzene rings is 4. The molecule has 0 saturated heterocycles. The highest BCUT2D eigenvalue weighted by atomic mass is 16.7. The number of hydrogen-bond donors (Lipinski definition) is 2. The van der Waals surface area contributed by atoms with Gasteiger partial charge >= 0.3 is 0 Å². The molecule has 73 heavy (non-hydrogen) atoms. The Balaban J connectivity index is 1.22. The van der Waals surface area contributed by atoms with Gasteiger partial charge in [0.2, 0.25) is 18.5 Å². The predicted molar refractivity (Wildman–Crippen MR) is 270 cm³/mol. The number of carbonyl (C=O) groups excluding carboxylic acids is 1. The number of carbonyl (C=O) groups is 1. The van der Waals surface area contributed by atoms with Crippen molar-refractivity contribution in [2.75, 3.05) is 26.6 Å². The summed E-state index contributed by atoms with van der Waals surface area (Å²) < 4.78 is 32.6. The van der Waals surface area contributed by atoms with Crippen molar-refractivity contribution in [2.45, 2.75) is 114 Å². The molecule has 0 spiro atoms. The summed E-state index contributed by atoms with van der Waals surface area (Å²) in [6.07, 6.45) is 13.7. The Hall–Kier alpha value is -6.82. The molecule has 0 aromatic heterocycles. The molecule has 17 nitrogen and oxygen atoms in total. The van der Waals surface area contributed by atoms with Crippen LogP contribution in [0.5, 0.6) is 28.7 Å². The standard InChI is InChI=1S/C56H64N4O13/c1-2-28-70-56-52(58(53(63)25-19-37-10-3-4-11-37)34-39-18-23-50-51(29-39)69-36-68-50)33-48(57-71-35-38-16-20-41(21-17-38)59(64)65)46-30-40(12-5-7-26-61)45(15-6-8-27-62)54(55(46)56)47-32-44(22-24-49(47)73-56)72-43-14-9-13-42(31-43)60(66)67/h2,9,13-14,16-18,20-24,29-32,37,40,45,52,54-55,61-62H,1,3-8,10-12,15,19,25-28,33-36H2. The summed E-state index contributed by atoms with van der Waals surface area (Å²) in [5.41, 5.74) is 3.57. The van der Waals surface area contributed by atoms with Crippen LogP contribution < -0.4 is 18.9 Å². The largest absolute Gasteiger partial charge is 0.459 e. The van der Waals surface area contributed by atoms with Gasteiger partial charge in [-0.05, 0) is 115 Å². The van der Waals surface area contributed by atoms with Crippen LogP contribution in [-0.2, 0) is 27.5 Å². The van der Waals surface area contributed by atoms with Crippen LogP contribution in [0.25, 0.3) is 0 Å². The summed E-state index contributed by atoms with van der Waals surface area (Å²) in [6, 6.07) is 22.6. The zero-order valence-electron chi connectivity index (χ0n) is 41.0. The van der Waals surface area contributed by atoms with Gasteiger partial charge in [-0.2, -0.15) is 0 Å². The van der Waals surface area contributed by atoms with Gasteiger partial charge in [-0.15, -0.1) is 6.58 Å². The van der Waals surface area contributed by atoms with E-state index in [4.69, 9.17) is 33.7 Å². The first-order valence-corrected chi connectivity index (χ1v) is 25.6. The van der Waals surface area contributed by atoms with E-state index in [-0.39, 0.29) is 87.0 Å². The van der Waals surface area contributed by atoms with E-state index < -0.39 is 27.6 Å². The summed E-state index contributed by atoms with van der Waals surface area (Å²) in [7, 11) is 0. The molecule has 4 aromatic carbocycles. The van der Waals surface area contributed by atoms with Crippen molar-refractivity contribution in [1.82, 2.24) is 4.90 Å². The van der Waals surface area contributed by atoms with Crippen LogP contribution in [0.15, 0.2) is 114 Å². The van der Waals surface area contributed by atoms with Crippen LogP contribution in [0.4, 0.5) is 11.4 Å². The van der Waals surface area contributed by atoms with Crippen LogP contribution >= 0.6 is 0 Å². The fourth-order valence-electron chi connectivity index (χ4n) is 11.8. The number of nitro groups is 2. The highest BCUT2D eigenvalue weighted by Crippen LogP contribution is 2.62. The normalized spacial score (nSPS) is 23.2. The van der Waals surface area contributed by atoms with Gasteiger partial charge in [0.1, 0.15) is 29.9 Å². The third kappa shape index (κ3) is 11.4. The number of nitro benzene ring substituents is 2. The zero-order chi connectivity index (χ0) is 50.9. The third-order valence-corrected chi connectivity index (χ3v) is 15.2. The monoisotopic (exact) mass is 1000 g/mol. The maximum absolute atomic E-state index is 15.4. The Bertz CT molecular complexity index is 2690. The van der Waals surface area contributed by atoms with E-state index in [1.165, 1.54) is 24.3 Å². The van der Waals surface area contributed by atoms with Crippen molar-refractivity contribution < 1.29 is 53.4 Å². The Kier molecular flexibility index (Phi) is 16.4. The molecule has 2 heterocycles. The summed E-state index contributed by atoms with van der Waals surface area (Å²) in [6.45, 7) is 4.48. The number of fused-ring (bicyclic) bond motifs is 3. The minimum Gasteiger partial charge on any atom is -0.459 e. The number of oxime groups is 1. The van der Waals surface area contributed by atoms with Crippen LogP contribution in [0, 0.1) is 43.9 Å². The molecule has 2 N–H and O–H groups in total. The van der Waals surface area contributed by atoms with Gasteiger partial charge in [0.05, 0.1) is 34.1 Å². The van der Waals surface area contributed by atoms with Crippen molar-refractivity contribution in [3.05, 3.63) is 146 Å². The number of non-ortho nitro benzene ring substituents is 2. The molecular formula is C56H64N4O13. The first kappa shape index (κ1) is 51.1. The second-order valence-electron chi connectivity index (χ2n) is 19.7. The minimum absolute atomic E-state index is 0.00820. The van der Waals surface area contributed by atoms with E-state index in [0.29, 0.717) is 72.3 Å². The predicted octanol–water partition coefficient (Wildman–Crippen LogP) is 10.9. The Labute approximate surface area is 424 Å². The number of nitrogens with zero attached hydrogens (tertiary/aromatic N) is 4. The third-order valence-electron chi connectivity index (χ3n) is 15.2. The maximum Gasteiger partial charge on any atom is 0.273 e. The lowest BCUT2D eigenvalue weighted by Crippen LogP contribution is -2.70. The summed E-state index contributed by atoms with van der Waals surface area (Å²) in [5, 5.41) is 48.4. The quantitative estimate of drug-likeness (QED) is 0.0290. The highest BCUT2D eigenvalue weighted by Gasteiger charge is 2.65. The van der Waals surface area contributed by atoms with Crippen LogP contribution in [0.2, 0.25) is 0 Å². The Morgan fingerprint density at radius 1 is 0.836 bits per heavy atom. The van der Waals surface area contributed by atoms with Crippen LogP contribution in [0.3, 0.4) is 0 Å². The van der Waals surface area contributed by atoms with E-state index in [1.54, 1.807) is 36.4 Å². The smallest absolute Gasteiger partial charge is 0.273 e. The summed E-state index contributed by atoms with van der Waals surface area (Å²) in [4.78, 5) is 45.9. The van der Waals surface area contributed by atoms with Crippen LogP contribution in [0.1, 0.15) is 106 Å². The molecule has 9 rings (SSSR count). The lowest BCUT2D eigenvalue weighted by molar-refractivity contribution is -0.385. The van der Waals surface area contributed by atoms with E-state index >= 15 is 4.79 Å². The van der Waals surface area contributed by atoms with Gasteiger partial charge < -0.3 is 43.6 Å². The summed E-state index contributed by atoms with van der Waals surface area (Å²) in [5.74, 6) is 0.149. The number of rotatable bonds is 24. The van der Waals surface area contributed by atoms with Gasteiger partial charge in [-0.25, -0.2) is 0 Å². The average Bonchev–Trinajstić information content (AvgIpc) is 4.11. The molecule has 4 aromatic rings. The van der Waals surface area contributed by atoms with E-state index in [0.717, 1.165) is 61.6 Å². The van der Waals surface area contributed by atoms with Gasteiger partial charge in [-0.1, -0.05) is 68.0 Å². The molecule has 1 amide bonds. The Morgan fingerprint density at radius 2 is 1.56 bits per heavy atom. The van der Waals surface area contributed by atoms with Gasteiger partial charge in [0.25, 0.3) is 11.4 Å². The lowest BCUT2D eigenvalue weighted by atomic mass is 9.55. The van der Waals surface area contributed by atoms with Crippen molar-refractivity contribution in [2.24, 2.45) is 28.8 Å². The minimum atomic E-state index is -1.54. The van der Waals surface area contributed by atoms with E-state index in [1.807, 2.05) is 35.2 Å². The SMILES string of the molecule is C=CCOC12Oc3ccc(Oc4cccc([N+](=O)[O-])c4)cc3C3C(CCCCO)C(CCCCO)C=C(C(=NOCc4ccc([N+](=O)[O-])cc4)CC1N(Cc1ccc4c(c1)OCO4)C(=O)CCC1CCCC1)C32. The van der Waals surface area contributed by atoms with E-state index in [9.17, 15) is 30.4 Å². The maximum atomic E-state index is 15.4. The average molecular weight is 1000 g/mol. The van der Waals surface area contributed by atoms with Crippen molar-refractivity contribution in [1.29, 1.82) is 0 Å². The molecule has 3 aliphatic carbocycles. The lowest BCUT2D eigenvalue weighted by Gasteiger charge is -2.60. The zero-order valence-corrected chi connectivity index (χ0v) is 41.0. The number of amides is 1. The molecule has 0 bridgehead atoms. The van der Waals surface area contributed by atoms with Crippen molar-refractivity contribution >= 4 is 23.0 Å². The first-order valence-electron chi connectivity index (χ1n) is 25.6. The van der Waals surface area contributed by atoms with Crippen molar-refractivity contribution in [3.63, 3.8) is 0 Å². The van der Waals surface area contributed by atoms with Gasteiger partial charge in [-0.3, -0.25) is 25.0 Å². The number of aliphatic hydroxyl groups is 2. The summed E-state index contributed by atoms with van der Waals surface area (Å²) >= 11 is 0. The number of ether oxygens (including phenoxy) is 5. The molecular weight excluding hydrogens is 937 g/mol. The molecule has 2 saturated carbocycles. The number of hydrogen-bond acceptors (Lipinski definition) is 14. The molecule has 5 aliphatic rings. The molecule has 2 fully saturated rings. The molecule has 0 radical (unpaired) electrons. The number of unbranched alkanes of at least 4 members (excludes halogenated alkanes) is 2. The molecule has 386 valence electrons. The topological polar surface area (TPSA) is 215 Å². The molecule has 17 heteroatoms. The molecule has 6 atom stereocenters. The fourth-order valence-corrected chi connectivity index (χ4v) is 11.8. The molecule has 6 unspecified atom stereocenters. The second kappa shape index (κ2) is 23.4. The molecule has 2 aliphatic heterocycles. The fraction of sp³-hybridized carbons (Fsp3) is 0.464. The highest BCUT2D eigenvalue weighted by molar-refractivity contribution is 6.03. The first-order chi connectivity index (χ1) is 35.6. The Morgan fingerprint density at radius 3 is 2.32 bits per heavy atom. The van der Waals surface area contributed by atoms with Gasteiger partial charge in [0.15, 0.2) is 11.5 Å². The van der Waals surface area contributed by atoms with Gasteiger partial charge in [0, 0.05) is 62.3 Å². The van der Waals surface area contributed by atoms with Crippen molar-refractivity contribution in [3.8, 4) is 28.7 Å². The van der Waals surface area contributed by atoms with Crippen LogP contribution in [-0.4, -0.2) is 75.0 Å². The second-order valence-corrected chi connectivity index (χ2v) is 19.7. The van der Waals surface area contributed by atoms with E-state index in [2.05, 4.69) is 12.7 Å².